The second-order valence-corrected chi connectivity index (χ2v) is 7.55. The Balaban J connectivity index is 1.58. The zero-order chi connectivity index (χ0) is 21.5. The summed E-state index contributed by atoms with van der Waals surface area (Å²) in [4.78, 5) is 6.92. The maximum absolute atomic E-state index is 5.67. The Morgan fingerprint density at radius 3 is 2.45 bits per heavy atom. The van der Waals surface area contributed by atoms with Gasteiger partial charge in [-0.2, -0.15) is 5.53 Å². The molecule has 1 saturated heterocycles. The number of hydrogen-bond donors (Lipinski definition) is 3. The van der Waals surface area contributed by atoms with Crippen LogP contribution in [0.25, 0.3) is 0 Å². The summed E-state index contributed by atoms with van der Waals surface area (Å²) in [6, 6.07) is 22.8. The molecule has 1 aliphatic rings. The molecule has 2 atom stereocenters. The number of ether oxygens (including phenoxy) is 2. The van der Waals surface area contributed by atoms with Crippen molar-refractivity contribution in [3.05, 3.63) is 89.7 Å². The minimum absolute atomic E-state index is 0.152. The van der Waals surface area contributed by atoms with E-state index >= 15 is 0 Å². The number of nitrogens with zero attached hydrogens (tertiary/aromatic N) is 2. The molecule has 31 heavy (non-hydrogen) atoms. The summed E-state index contributed by atoms with van der Waals surface area (Å²) in [5.74, 6) is 1.51. The van der Waals surface area contributed by atoms with E-state index in [0.717, 1.165) is 35.8 Å². The molecule has 0 bridgehead atoms. The SMILES string of the molecule is COc1cccc(CN(Cc2ccccn2)CC2NNNC2c2ccccc2)c1OC. The third-order valence-electron chi connectivity index (χ3n) is 5.49. The van der Waals surface area contributed by atoms with Gasteiger partial charge in [-0.25, -0.2) is 10.9 Å². The molecule has 3 aromatic rings. The molecule has 3 N–H and O–H groups in total. The van der Waals surface area contributed by atoms with Crippen molar-refractivity contribution in [1.82, 2.24) is 26.3 Å². The number of rotatable bonds is 9. The van der Waals surface area contributed by atoms with Crippen LogP contribution in [-0.4, -0.2) is 36.7 Å². The van der Waals surface area contributed by atoms with Crippen molar-refractivity contribution >= 4 is 0 Å². The average Bonchev–Trinajstić information content (AvgIpc) is 3.28. The molecule has 1 aliphatic heterocycles. The number of aromatic nitrogens is 1. The van der Waals surface area contributed by atoms with E-state index in [4.69, 9.17) is 9.47 Å². The maximum Gasteiger partial charge on any atom is 0.165 e. The van der Waals surface area contributed by atoms with Gasteiger partial charge in [-0.1, -0.05) is 48.5 Å². The van der Waals surface area contributed by atoms with Crippen molar-refractivity contribution in [2.75, 3.05) is 20.8 Å². The first-order valence-electron chi connectivity index (χ1n) is 10.4. The van der Waals surface area contributed by atoms with E-state index in [1.165, 1.54) is 5.56 Å². The van der Waals surface area contributed by atoms with Crippen LogP contribution < -0.4 is 25.9 Å². The zero-order valence-corrected chi connectivity index (χ0v) is 17.9. The first-order chi connectivity index (χ1) is 15.3. The van der Waals surface area contributed by atoms with Crippen LogP contribution in [0.4, 0.5) is 0 Å². The molecule has 4 rings (SSSR count). The monoisotopic (exact) mass is 419 g/mol. The van der Waals surface area contributed by atoms with Crippen LogP contribution in [0.5, 0.6) is 11.5 Å². The van der Waals surface area contributed by atoms with E-state index in [1.54, 1.807) is 14.2 Å². The van der Waals surface area contributed by atoms with E-state index in [9.17, 15) is 0 Å². The quantitative estimate of drug-likeness (QED) is 0.493. The van der Waals surface area contributed by atoms with Crippen molar-refractivity contribution in [2.45, 2.75) is 25.2 Å². The van der Waals surface area contributed by atoms with Crippen LogP contribution in [0.3, 0.4) is 0 Å². The molecule has 0 amide bonds. The molecule has 7 heteroatoms. The fourth-order valence-corrected chi connectivity index (χ4v) is 4.03. The van der Waals surface area contributed by atoms with Crippen LogP contribution in [0.15, 0.2) is 72.9 Å². The van der Waals surface area contributed by atoms with E-state index in [-0.39, 0.29) is 12.1 Å². The number of hydrazine groups is 2. The first-order valence-corrected chi connectivity index (χ1v) is 10.4. The number of hydrogen-bond acceptors (Lipinski definition) is 7. The molecule has 0 aliphatic carbocycles. The van der Waals surface area contributed by atoms with E-state index in [2.05, 4.69) is 62.7 Å². The van der Waals surface area contributed by atoms with Gasteiger partial charge in [-0.3, -0.25) is 9.88 Å². The number of pyridine rings is 1. The Morgan fingerprint density at radius 2 is 1.71 bits per heavy atom. The highest BCUT2D eigenvalue weighted by molar-refractivity contribution is 5.46. The molecule has 1 aromatic heterocycles. The van der Waals surface area contributed by atoms with Gasteiger partial charge in [0.2, 0.25) is 0 Å². The molecule has 7 nitrogen and oxygen atoms in total. The largest absolute Gasteiger partial charge is 0.493 e. The van der Waals surface area contributed by atoms with Gasteiger partial charge in [0, 0.05) is 31.4 Å². The van der Waals surface area contributed by atoms with Crippen molar-refractivity contribution in [1.29, 1.82) is 0 Å². The average molecular weight is 420 g/mol. The lowest BCUT2D eigenvalue weighted by Crippen LogP contribution is -2.41. The third kappa shape index (κ3) is 5.21. The minimum atomic E-state index is 0.152. The molecule has 162 valence electrons. The summed E-state index contributed by atoms with van der Waals surface area (Å²) < 4.78 is 11.2. The van der Waals surface area contributed by atoms with Gasteiger partial charge in [0.15, 0.2) is 11.5 Å². The highest BCUT2D eigenvalue weighted by Crippen LogP contribution is 2.32. The highest BCUT2D eigenvalue weighted by atomic mass is 16.5. The number of para-hydroxylation sites is 1. The number of methoxy groups -OCH3 is 2. The molecule has 2 heterocycles. The van der Waals surface area contributed by atoms with Gasteiger partial charge >= 0.3 is 0 Å². The summed E-state index contributed by atoms with van der Waals surface area (Å²) in [7, 11) is 3.35. The maximum atomic E-state index is 5.67. The molecular weight excluding hydrogens is 390 g/mol. The Kier molecular flexibility index (Phi) is 7.11. The Hall–Kier alpha value is -2.97. The normalized spacial score (nSPS) is 18.3. The standard InChI is InChI=1S/C24H29N5O2/c1-30-22-13-8-11-19(24(22)31-2)15-29(16-20-12-6-7-14-25-20)17-21-23(27-28-26-21)18-9-4-3-5-10-18/h3-14,21,23,26-28H,15-17H2,1-2H3. The molecule has 2 aromatic carbocycles. The zero-order valence-electron chi connectivity index (χ0n) is 17.9. The number of nitrogens with one attached hydrogen (secondary N) is 3. The first kappa shape index (κ1) is 21.3. The molecule has 0 radical (unpaired) electrons. The van der Waals surface area contributed by atoms with Crippen LogP contribution in [0.2, 0.25) is 0 Å². The van der Waals surface area contributed by atoms with E-state index < -0.39 is 0 Å². The molecule has 0 spiro atoms. The minimum Gasteiger partial charge on any atom is -0.493 e. The molecule has 2 unspecified atom stereocenters. The summed E-state index contributed by atoms with van der Waals surface area (Å²) >= 11 is 0. The van der Waals surface area contributed by atoms with Crippen LogP contribution in [0.1, 0.15) is 22.9 Å². The van der Waals surface area contributed by atoms with Crippen LogP contribution in [0, 0.1) is 0 Å². The predicted molar refractivity (Wildman–Crippen MR) is 120 cm³/mol. The Morgan fingerprint density at radius 1 is 0.871 bits per heavy atom. The lowest BCUT2D eigenvalue weighted by atomic mass is 10.00. The Bertz CT molecular complexity index is 955. The van der Waals surface area contributed by atoms with E-state index in [0.29, 0.717) is 6.54 Å². The lowest BCUT2D eigenvalue weighted by Gasteiger charge is -2.28. The summed E-state index contributed by atoms with van der Waals surface area (Å²) in [6.07, 6.45) is 1.84. The van der Waals surface area contributed by atoms with E-state index in [1.807, 2.05) is 36.5 Å². The Labute approximate surface area is 183 Å². The van der Waals surface area contributed by atoms with Crippen LogP contribution >= 0.6 is 0 Å². The second kappa shape index (κ2) is 10.4. The summed E-state index contributed by atoms with van der Waals surface area (Å²) in [5.41, 5.74) is 13.2. The second-order valence-electron chi connectivity index (χ2n) is 7.55. The summed E-state index contributed by atoms with van der Waals surface area (Å²) in [5, 5.41) is 0. The summed E-state index contributed by atoms with van der Waals surface area (Å²) in [6.45, 7) is 2.23. The van der Waals surface area contributed by atoms with Crippen molar-refractivity contribution in [2.24, 2.45) is 0 Å². The van der Waals surface area contributed by atoms with Crippen molar-refractivity contribution in [3.63, 3.8) is 0 Å². The predicted octanol–water partition coefficient (Wildman–Crippen LogP) is 2.82. The fraction of sp³-hybridized carbons (Fsp3) is 0.292. The smallest absolute Gasteiger partial charge is 0.165 e. The van der Waals surface area contributed by atoms with Gasteiger partial charge in [-0.15, -0.1) is 0 Å². The van der Waals surface area contributed by atoms with Crippen molar-refractivity contribution < 1.29 is 9.47 Å². The number of benzene rings is 2. The van der Waals surface area contributed by atoms with Crippen LogP contribution in [-0.2, 0) is 13.1 Å². The van der Waals surface area contributed by atoms with Gasteiger partial charge in [0.1, 0.15) is 0 Å². The van der Waals surface area contributed by atoms with Crippen molar-refractivity contribution in [3.8, 4) is 11.5 Å². The molecule has 0 saturated carbocycles. The van der Waals surface area contributed by atoms with Gasteiger partial charge in [0.05, 0.1) is 32.0 Å². The lowest BCUT2D eigenvalue weighted by molar-refractivity contribution is 0.218. The topological polar surface area (TPSA) is 70.7 Å². The van der Waals surface area contributed by atoms with Gasteiger partial charge in [-0.05, 0) is 23.8 Å². The van der Waals surface area contributed by atoms with Gasteiger partial charge in [0.25, 0.3) is 0 Å². The van der Waals surface area contributed by atoms with Gasteiger partial charge < -0.3 is 9.47 Å². The highest BCUT2D eigenvalue weighted by Gasteiger charge is 2.30. The molecular formula is C24H29N5O2. The third-order valence-corrected chi connectivity index (χ3v) is 5.49. The molecule has 1 fully saturated rings. The fourth-order valence-electron chi connectivity index (χ4n) is 4.03.